The van der Waals surface area contributed by atoms with Gasteiger partial charge in [0.25, 0.3) is 0 Å². The van der Waals surface area contributed by atoms with Gasteiger partial charge < -0.3 is 5.73 Å². The normalized spacial score (nSPS) is 24.4. The number of nitrogens with two attached hydrogens (primary N) is 1. The van der Waals surface area contributed by atoms with E-state index in [1.165, 1.54) is 6.42 Å². The van der Waals surface area contributed by atoms with Crippen LogP contribution in [0.25, 0.3) is 0 Å². The van der Waals surface area contributed by atoms with Gasteiger partial charge in [-0.05, 0) is 11.8 Å². The molecule has 0 spiro atoms. The third-order valence-corrected chi connectivity index (χ3v) is 1.77. The zero-order valence-electron chi connectivity index (χ0n) is 7.15. The summed E-state index contributed by atoms with van der Waals surface area (Å²) < 4.78 is 0. The summed E-state index contributed by atoms with van der Waals surface area (Å²) in [5.74, 6) is 0.652. The van der Waals surface area contributed by atoms with Crippen molar-refractivity contribution in [3.8, 4) is 0 Å². The molecule has 0 fully saturated rings. The molecule has 58 valence electrons. The van der Waals surface area contributed by atoms with Crippen molar-refractivity contribution >= 4 is 0 Å². The summed E-state index contributed by atoms with van der Waals surface area (Å²) in [6.45, 7) is 7.60. The number of hydrogen-bond donors (Lipinski definition) is 1. The summed E-state index contributed by atoms with van der Waals surface area (Å²) in [6.07, 6.45) is 3.50. The predicted octanol–water partition coefficient (Wildman–Crippen LogP) is 1.94. The summed E-state index contributed by atoms with van der Waals surface area (Å²) in [5.41, 5.74) is 7.50. The molecule has 0 aromatic heterocycles. The van der Waals surface area contributed by atoms with Gasteiger partial charge in [0, 0.05) is 12.5 Å². The van der Waals surface area contributed by atoms with Gasteiger partial charge in [0.15, 0.2) is 0 Å². The number of hydrogen-bond acceptors (Lipinski definition) is 1. The molecule has 1 aliphatic carbocycles. The molecule has 0 aliphatic heterocycles. The van der Waals surface area contributed by atoms with Gasteiger partial charge in [-0.15, -0.1) is 0 Å². The quantitative estimate of drug-likeness (QED) is 0.581. The van der Waals surface area contributed by atoms with Gasteiger partial charge in [-0.2, -0.15) is 0 Å². The van der Waals surface area contributed by atoms with Gasteiger partial charge in [-0.25, -0.2) is 0 Å². The van der Waals surface area contributed by atoms with E-state index in [0.29, 0.717) is 11.3 Å². The topological polar surface area (TPSA) is 26.0 Å². The van der Waals surface area contributed by atoms with E-state index in [-0.39, 0.29) is 0 Å². The van der Waals surface area contributed by atoms with Crippen molar-refractivity contribution in [3.63, 3.8) is 0 Å². The fourth-order valence-electron chi connectivity index (χ4n) is 1.23. The van der Waals surface area contributed by atoms with Gasteiger partial charge in [-0.3, -0.25) is 0 Å². The van der Waals surface area contributed by atoms with Crippen LogP contribution in [0.3, 0.4) is 0 Å². The first-order chi connectivity index (χ1) is 4.53. The molecule has 0 bridgehead atoms. The first-order valence-electron chi connectivity index (χ1n) is 3.93. The smallest absolute Gasteiger partial charge is 0.0103 e. The van der Waals surface area contributed by atoms with Gasteiger partial charge in [0.05, 0.1) is 0 Å². The molecular formula is C9H17N. The van der Waals surface area contributed by atoms with Crippen LogP contribution in [-0.4, -0.2) is 6.54 Å². The molecule has 1 unspecified atom stereocenters. The molecule has 1 heteroatoms. The maximum Gasteiger partial charge on any atom is 0.0103 e. The lowest BCUT2D eigenvalue weighted by Gasteiger charge is -2.16. The number of rotatable bonds is 2. The van der Waals surface area contributed by atoms with E-state index in [9.17, 15) is 0 Å². The zero-order valence-corrected chi connectivity index (χ0v) is 7.15. The third-order valence-electron chi connectivity index (χ3n) is 1.77. The van der Waals surface area contributed by atoms with E-state index in [2.05, 4.69) is 26.8 Å². The largest absolute Gasteiger partial charge is 0.330 e. The molecule has 0 amide bonds. The van der Waals surface area contributed by atoms with Crippen molar-refractivity contribution in [2.75, 3.05) is 6.54 Å². The SMILES string of the molecule is CC(C)(C)CC1=CC1CN. The molecule has 1 atom stereocenters. The molecule has 1 nitrogen and oxygen atoms in total. The monoisotopic (exact) mass is 139 g/mol. The fraction of sp³-hybridized carbons (Fsp3) is 0.778. The lowest BCUT2D eigenvalue weighted by atomic mass is 9.90. The molecule has 10 heavy (non-hydrogen) atoms. The standard InChI is InChI=1S/C9H17N/c1-9(2,3)5-7-4-8(7)6-10/h4,8H,5-6,10H2,1-3H3. The first-order valence-corrected chi connectivity index (χ1v) is 3.93. The van der Waals surface area contributed by atoms with Crippen LogP contribution in [-0.2, 0) is 0 Å². The lowest BCUT2D eigenvalue weighted by Crippen LogP contribution is -2.08. The highest BCUT2D eigenvalue weighted by atomic mass is 14.6. The fourth-order valence-corrected chi connectivity index (χ4v) is 1.23. The zero-order chi connectivity index (χ0) is 7.78. The summed E-state index contributed by atoms with van der Waals surface area (Å²) in [5, 5.41) is 0. The minimum absolute atomic E-state index is 0.440. The van der Waals surface area contributed by atoms with E-state index in [0.717, 1.165) is 6.54 Å². The van der Waals surface area contributed by atoms with Crippen LogP contribution in [0.5, 0.6) is 0 Å². The predicted molar refractivity (Wildman–Crippen MR) is 44.7 cm³/mol. The molecule has 1 aliphatic rings. The van der Waals surface area contributed by atoms with Crippen molar-refractivity contribution in [1.82, 2.24) is 0 Å². The average molecular weight is 139 g/mol. The highest BCUT2D eigenvalue weighted by Gasteiger charge is 2.26. The second-order valence-corrected chi connectivity index (χ2v) is 4.32. The van der Waals surface area contributed by atoms with Crippen LogP contribution in [0.2, 0.25) is 0 Å². The molecular weight excluding hydrogens is 122 g/mol. The maximum atomic E-state index is 5.49. The van der Waals surface area contributed by atoms with Crippen molar-refractivity contribution in [2.45, 2.75) is 27.2 Å². The molecule has 0 radical (unpaired) electrons. The van der Waals surface area contributed by atoms with E-state index in [4.69, 9.17) is 5.73 Å². The highest BCUT2D eigenvalue weighted by Crippen LogP contribution is 2.37. The molecule has 2 N–H and O–H groups in total. The van der Waals surface area contributed by atoms with Crippen LogP contribution in [0, 0.1) is 11.3 Å². The Morgan fingerprint density at radius 2 is 2.10 bits per heavy atom. The maximum absolute atomic E-state index is 5.49. The Bertz CT molecular complexity index is 151. The summed E-state index contributed by atoms with van der Waals surface area (Å²) in [7, 11) is 0. The summed E-state index contributed by atoms with van der Waals surface area (Å²) >= 11 is 0. The second kappa shape index (κ2) is 2.39. The Kier molecular flexibility index (Phi) is 1.86. The van der Waals surface area contributed by atoms with Crippen molar-refractivity contribution in [2.24, 2.45) is 17.1 Å². The van der Waals surface area contributed by atoms with Crippen molar-refractivity contribution in [1.29, 1.82) is 0 Å². The van der Waals surface area contributed by atoms with Gasteiger partial charge >= 0.3 is 0 Å². The van der Waals surface area contributed by atoms with Crippen LogP contribution < -0.4 is 5.73 Å². The molecule has 0 aromatic carbocycles. The van der Waals surface area contributed by atoms with E-state index >= 15 is 0 Å². The average Bonchev–Trinajstić information content (AvgIpc) is 2.42. The van der Waals surface area contributed by atoms with Crippen LogP contribution in [0.1, 0.15) is 27.2 Å². The Balaban J connectivity index is 2.24. The molecule has 1 rings (SSSR count). The summed E-state index contributed by atoms with van der Waals surface area (Å²) in [6, 6.07) is 0. The minimum Gasteiger partial charge on any atom is -0.330 e. The lowest BCUT2D eigenvalue weighted by molar-refractivity contribution is 0.409. The van der Waals surface area contributed by atoms with Gasteiger partial charge in [-0.1, -0.05) is 32.4 Å². The van der Waals surface area contributed by atoms with Gasteiger partial charge in [0.2, 0.25) is 0 Å². The van der Waals surface area contributed by atoms with E-state index < -0.39 is 0 Å². The third kappa shape index (κ3) is 2.14. The summed E-state index contributed by atoms with van der Waals surface area (Å²) in [4.78, 5) is 0. The highest BCUT2D eigenvalue weighted by molar-refractivity contribution is 5.30. The second-order valence-electron chi connectivity index (χ2n) is 4.32. The van der Waals surface area contributed by atoms with Gasteiger partial charge in [0.1, 0.15) is 0 Å². The molecule has 0 heterocycles. The Morgan fingerprint density at radius 3 is 2.40 bits per heavy atom. The molecule has 0 saturated heterocycles. The van der Waals surface area contributed by atoms with Crippen LogP contribution in [0.4, 0.5) is 0 Å². The molecule has 0 aromatic rings. The Hall–Kier alpha value is -0.300. The van der Waals surface area contributed by atoms with Crippen LogP contribution >= 0.6 is 0 Å². The van der Waals surface area contributed by atoms with Crippen LogP contribution in [0.15, 0.2) is 11.6 Å². The first kappa shape index (κ1) is 7.80. The Morgan fingerprint density at radius 1 is 1.50 bits per heavy atom. The molecule has 0 saturated carbocycles. The minimum atomic E-state index is 0.440. The van der Waals surface area contributed by atoms with Crippen molar-refractivity contribution < 1.29 is 0 Å². The Labute approximate surface area is 63.3 Å². The van der Waals surface area contributed by atoms with Crippen molar-refractivity contribution in [3.05, 3.63) is 11.6 Å². The van der Waals surface area contributed by atoms with E-state index in [1.54, 1.807) is 5.57 Å². The van der Waals surface area contributed by atoms with E-state index in [1.807, 2.05) is 0 Å².